The molecule has 1 aliphatic heterocycles. The molecule has 0 fully saturated rings. The molecular formula is C14H20O2. The standard InChI is InChI=1S/C14H20O2/c1-10(15)9-14(2,3)12-4-5-13-11(8-12)6-7-16-13/h4-5,8,10,15H,6-7,9H2,1-3H3. The predicted octanol–water partition coefficient (Wildman–Crippen LogP) is 2.67. The highest BCUT2D eigenvalue weighted by Crippen LogP contribution is 2.33. The van der Waals surface area contributed by atoms with E-state index in [0.717, 1.165) is 25.2 Å². The van der Waals surface area contributed by atoms with Crippen LogP contribution < -0.4 is 4.74 Å². The second kappa shape index (κ2) is 4.10. The maximum Gasteiger partial charge on any atom is 0.122 e. The Kier molecular flexibility index (Phi) is 2.94. The van der Waals surface area contributed by atoms with Gasteiger partial charge in [-0.05, 0) is 36.0 Å². The summed E-state index contributed by atoms with van der Waals surface area (Å²) in [6.07, 6.45) is 1.53. The molecule has 0 aliphatic carbocycles. The zero-order valence-electron chi connectivity index (χ0n) is 10.3. The number of hydrogen-bond acceptors (Lipinski definition) is 2. The second-order valence-electron chi connectivity index (χ2n) is 5.36. The van der Waals surface area contributed by atoms with Gasteiger partial charge in [0, 0.05) is 6.42 Å². The summed E-state index contributed by atoms with van der Waals surface area (Å²) in [5.41, 5.74) is 2.61. The van der Waals surface area contributed by atoms with Crippen LogP contribution in [0.1, 0.15) is 38.3 Å². The third kappa shape index (κ3) is 2.22. The summed E-state index contributed by atoms with van der Waals surface area (Å²) in [6, 6.07) is 6.40. The van der Waals surface area contributed by atoms with Gasteiger partial charge in [-0.2, -0.15) is 0 Å². The van der Waals surface area contributed by atoms with Crippen molar-refractivity contribution in [2.75, 3.05) is 6.61 Å². The number of fused-ring (bicyclic) bond motifs is 1. The van der Waals surface area contributed by atoms with Gasteiger partial charge in [0.2, 0.25) is 0 Å². The van der Waals surface area contributed by atoms with Crippen molar-refractivity contribution in [2.24, 2.45) is 0 Å². The number of aliphatic hydroxyl groups is 1. The Labute approximate surface area is 97.3 Å². The number of hydrogen-bond donors (Lipinski definition) is 1. The number of benzene rings is 1. The van der Waals surface area contributed by atoms with Gasteiger partial charge in [-0.1, -0.05) is 26.0 Å². The summed E-state index contributed by atoms with van der Waals surface area (Å²) in [6.45, 7) is 7.00. The Bertz CT molecular complexity index is 380. The summed E-state index contributed by atoms with van der Waals surface area (Å²) in [4.78, 5) is 0. The average Bonchev–Trinajstić information content (AvgIpc) is 2.61. The van der Waals surface area contributed by atoms with E-state index >= 15 is 0 Å². The van der Waals surface area contributed by atoms with Crippen LogP contribution in [0.5, 0.6) is 5.75 Å². The van der Waals surface area contributed by atoms with Crippen molar-refractivity contribution in [1.29, 1.82) is 0 Å². The molecule has 2 heteroatoms. The summed E-state index contributed by atoms with van der Waals surface area (Å²) < 4.78 is 5.50. The maximum absolute atomic E-state index is 9.52. The molecule has 0 amide bonds. The van der Waals surface area contributed by atoms with E-state index in [9.17, 15) is 5.11 Å². The molecule has 0 radical (unpaired) electrons. The molecule has 1 aromatic rings. The molecule has 1 aliphatic rings. The first-order valence-corrected chi connectivity index (χ1v) is 5.93. The molecule has 1 aromatic carbocycles. The van der Waals surface area contributed by atoms with Crippen molar-refractivity contribution in [3.63, 3.8) is 0 Å². The van der Waals surface area contributed by atoms with E-state index in [1.165, 1.54) is 11.1 Å². The van der Waals surface area contributed by atoms with Gasteiger partial charge in [0.1, 0.15) is 5.75 Å². The van der Waals surface area contributed by atoms with Gasteiger partial charge in [-0.3, -0.25) is 0 Å². The fourth-order valence-electron chi connectivity index (χ4n) is 2.46. The molecule has 16 heavy (non-hydrogen) atoms. The van der Waals surface area contributed by atoms with Crippen molar-refractivity contribution in [2.45, 2.75) is 45.1 Å². The van der Waals surface area contributed by atoms with Crippen LogP contribution in [0.15, 0.2) is 18.2 Å². The largest absolute Gasteiger partial charge is 0.493 e. The Hall–Kier alpha value is -1.02. The molecule has 2 nitrogen and oxygen atoms in total. The zero-order valence-corrected chi connectivity index (χ0v) is 10.3. The molecule has 0 aromatic heterocycles. The third-order valence-corrected chi connectivity index (χ3v) is 3.28. The van der Waals surface area contributed by atoms with Gasteiger partial charge in [-0.25, -0.2) is 0 Å². The topological polar surface area (TPSA) is 29.5 Å². The summed E-state index contributed by atoms with van der Waals surface area (Å²) >= 11 is 0. The third-order valence-electron chi connectivity index (χ3n) is 3.28. The fourth-order valence-corrected chi connectivity index (χ4v) is 2.46. The Morgan fingerprint density at radius 2 is 2.19 bits per heavy atom. The van der Waals surface area contributed by atoms with Crippen molar-refractivity contribution < 1.29 is 9.84 Å². The number of ether oxygens (including phenoxy) is 1. The fraction of sp³-hybridized carbons (Fsp3) is 0.571. The monoisotopic (exact) mass is 220 g/mol. The number of rotatable bonds is 3. The molecule has 1 unspecified atom stereocenters. The number of aliphatic hydroxyl groups excluding tert-OH is 1. The first-order valence-electron chi connectivity index (χ1n) is 5.93. The molecule has 0 spiro atoms. The molecule has 1 heterocycles. The van der Waals surface area contributed by atoms with E-state index in [-0.39, 0.29) is 11.5 Å². The lowest BCUT2D eigenvalue weighted by Crippen LogP contribution is -2.23. The van der Waals surface area contributed by atoms with E-state index in [0.29, 0.717) is 0 Å². The first-order chi connectivity index (χ1) is 7.49. The quantitative estimate of drug-likeness (QED) is 0.848. The Morgan fingerprint density at radius 1 is 1.44 bits per heavy atom. The van der Waals surface area contributed by atoms with Gasteiger partial charge >= 0.3 is 0 Å². The van der Waals surface area contributed by atoms with Gasteiger partial charge in [0.05, 0.1) is 12.7 Å². The maximum atomic E-state index is 9.52. The molecule has 0 saturated heterocycles. The lowest BCUT2D eigenvalue weighted by atomic mass is 9.79. The van der Waals surface area contributed by atoms with Crippen LogP contribution >= 0.6 is 0 Å². The average molecular weight is 220 g/mol. The molecule has 1 N–H and O–H groups in total. The molecule has 2 rings (SSSR count). The van der Waals surface area contributed by atoms with Gasteiger partial charge < -0.3 is 9.84 Å². The van der Waals surface area contributed by atoms with E-state index in [2.05, 4.69) is 32.0 Å². The van der Waals surface area contributed by atoms with E-state index in [1.54, 1.807) is 0 Å². The van der Waals surface area contributed by atoms with Crippen LogP contribution in [0.4, 0.5) is 0 Å². The molecule has 1 atom stereocenters. The Balaban J connectivity index is 2.26. The molecule has 88 valence electrons. The van der Waals surface area contributed by atoms with Crippen LogP contribution in [0, 0.1) is 0 Å². The van der Waals surface area contributed by atoms with Crippen molar-refractivity contribution >= 4 is 0 Å². The summed E-state index contributed by atoms with van der Waals surface area (Å²) in [7, 11) is 0. The minimum atomic E-state index is -0.264. The predicted molar refractivity (Wildman–Crippen MR) is 65.0 cm³/mol. The van der Waals surface area contributed by atoms with Crippen LogP contribution in [0.3, 0.4) is 0 Å². The molecule has 0 saturated carbocycles. The molecular weight excluding hydrogens is 200 g/mol. The van der Waals surface area contributed by atoms with Crippen molar-refractivity contribution in [1.82, 2.24) is 0 Å². The minimum Gasteiger partial charge on any atom is -0.493 e. The molecule has 0 bridgehead atoms. The lowest BCUT2D eigenvalue weighted by Gasteiger charge is -2.27. The van der Waals surface area contributed by atoms with Crippen LogP contribution in [0.25, 0.3) is 0 Å². The van der Waals surface area contributed by atoms with E-state index in [4.69, 9.17) is 4.74 Å². The van der Waals surface area contributed by atoms with Crippen molar-refractivity contribution in [3.8, 4) is 5.75 Å². The van der Waals surface area contributed by atoms with Crippen LogP contribution in [-0.4, -0.2) is 17.8 Å². The first kappa shape index (κ1) is 11.5. The zero-order chi connectivity index (χ0) is 11.8. The van der Waals surface area contributed by atoms with Crippen LogP contribution in [0.2, 0.25) is 0 Å². The SMILES string of the molecule is CC(O)CC(C)(C)c1ccc2c(c1)CCO2. The summed E-state index contributed by atoms with van der Waals surface area (Å²) in [5, 5.41) is 9.52. The second-order valence-corrected chi connectivity index (χ2v) is 5.36. The lowest BCUT2D eigenvalue weighted by molar-refractivity contribution is 0.157. The van der Waals surface area contributed by atoms with Gasteiger partial charge in [-0.15, -0.1) is 0 Å². The van der Waals surface area contributed by atoms with Gasteiger partial charge in [0.15, 0.2) is 0 Å². The highest BCUT2D eigenvalue weighted by molar-refractivity contribution is 5.42. The highest BCUT2D eigenvalue weighted by Gasteiger charge is 2.24. The van der Waals surface area contributed by atoms with Gasteiger partial charge in [0.25, 0.3) is 0 Å². The summed E-state index contributed by atoms with van der Waals surface area (Å²) in [5.74, 6) is 1.02. The Morgan fingerprint density at radius 3 is 2.88 bits per heavy atom. The highest BCUT2D eigenvalue weighted by atomic mass is 16.5. The van der Waals surface area contributed by atoms with Crippen molar-refractivity contribution in [3.05, 3.63) is 29.3 Å². The van der Waals surface area contributed by atoms with Crippen LogP contribution in [-0.2, 0) is 11.8 Å². The van der Waals surface area contributed by atoms with E-state index < -0.39 is 0 Å². The van der Waals surface area contributed by atoms with E-state index in [1.807, 2.05) is 6.92 Å². The normalized spacial score (nSPS) is 16.8. The minimum absolute atomic E-state index is 0.0196. The smallest absolute Gasteiger partial charge is 0.122 e.